The van der Waals surface area contributed by atoms with Crippen LogP contribution in [-0.2, 0) is 9.53 Å². The largest absolute Gasteiger partial charge is 0.503 e. The molecular weight excluding hydrogens is 312 g/mol. The first-order chi connectivity index (χ1) is 11.4. The van der Waals surface area contributed by atoms with Crippen LogP contribution in [0.25, 0.3) is 0 Å². The number of aromatic nitrogens is 1. The molecule has 1 aromatic heterocycles. The van der Waals surface area contributed by atoms with Crippen molar-refractivity contribution in [2.75, 3.05) is 13.7 Å². The predicted molar refractivity (Wildman–Crippen MR) is 89.0 cm³/mol. The van der Waals surface area contributed by atoms with E-state index < -0.39 is 11.9 Å². The number of pyridine rings is 1. The summed E-state index contributed by atoms with van der Waals surface area (Å²) >= 11 is 0. The third-order valence-corrected chi connectivity index (χ3v) is 3.87. The van der Waals surface area contributed by atoms with E-state index in [4.69, 9.17) is 9.47 Å². The zero-order valence-corrected chi connectivity index (χ0v) is 14.7. The van der Waals surface area contributed by atoms with Gasteiger partial charge in [-0.25, -0.2) is 4.98 Å². The fourth-order valence-corrected chi connectivity index (χ4v) is 2.41. The molecule has 0 aliphatic rings. The quantitative estimate of drug-likeness (QED) is 0.670. The van der Waals surface area contributed by atoms with Crippen LogP contribution in [0, 0.1) is 5.92 Å². The van der Waals surface area contributed by atoms with Gasteiger partial charge in [0.2, 0.25) is 0 Å². The minimum atomic E-state index is -0.670. The molecule has 0 radical (unpaired) electrons. The number of methoxy groups -OCH3 is 1. The number of hydrogen-bond acceptors (Lipinski definition) is 6. The molecule has 1 heterocycles. The van der Waals surface area contributed by atoms with Gasteiger partial charge in [0.1, 0.15) is 6.54 Å². The molecule has 2 N–H and O–H groups in total. The first-order valence-electron chi connectivity index (χ1n) is 8.12. The molecule has 24 heavy (non-hydrogen) atoms. The molecule has 134 valence electrons. The number of carbonyl (C=O) groups excluding carboxylic acids is 2. The average Bonchev–Trinajstić information content (AvgIpc) is 2.57. The molecule has 1 amide bonds. The normalized spacial score (nSPS) is 11.9. The second kappa shape index (κ2) is 9.75. The van der Waals surface area contributed by atoms with Crippen LogP contribution in [0.15, 0.2) is 12.3 Å². The zero-order valence-electron chi connectivity index (χ0n) is 14.7. The van der Waals surface area contributed by atoms with Crippen molar-refractivity contribution in [2.24, 2.45) is 5.92 Å². The van der Waals surface area contributed by atoms with Crippen LogP contribution in [0.4, 0.5) is 0 Å². The molecule has 0 saturated heterocycles. The summed E-state index contributed by atoms with van der Waals surface area (Å²) in [5.41, 5.74) is -0.202. The van der Waals surface area contributed by atoms with Gasteiger partial charge in [-0.2, -0.15) is 0 Å². The fourth-order valence-electron chi connectivity index (χ4n) is 2.41. The Kier molecular flexibility index (Phi) is 8.01. The van der Waals surface area contributed by atoms with E-state index in [9.17, 15) is 14.7 Å². The van der Waals surface area contributed by atoms with E-state index >= 15 is 0 Å². The van der Waals surface area contributed by atoms with Gasteiger partial charge in [-0.3, -0.25) is 9.59 Å². The first kappa shape index (κ1) is 19.7. The highest BCUT2D eigenvalue weighted by atomic mass is 16.5. The van der Waals surface area contributed by atoms with Crippen molar-refractivity contribution in [1.82, 2.24) is 10.3 Å². The highest BCUT2D eigenvalue weighted by Gasteiger charge is 2.19. The lowest BCUT2D eigenvalue weighted by atomic mass is 9.97. The van der Waals surface area contributed by atoms with Gasteiger partial charge in [-0.15, -0.1) is 0 Å². The number of hydrogen-bond donors (Lipinski definition) is 2. The van der Waals surface area contributed by atoms with E-state index in [-0.39, 0.29) is 29.8 Å². The van der Waals surface area contributed by atoms with Crippen molar-refractivity contribution in [1.29, 1.82) is 0 Å². The summed E-state index contributed by atoms with van der Waals surface area (Å²) in [7, 11) is 1.37. The Morgan fingerprint density at radius 3 is 2.58 bits per heavy atom. The Labute approximate surface area is 142 Å². The predicted octanol–water partition coefficient (Wildman–Crippen LogP) is 2.28. The number of nitrogens with one attached hydrogen (secondary N) is 1. The lowest BCUT2D eigenvalue weighted by Gasteiger charge is -2.18. The van der Waals surface area contributed by atoms with Crippen LogP contribution in [0.1, 0.15) is 50.5 Å². The standard InChI is InChI=1S/C17H26N2O5/c1-5-12(6-2)9-11(3)24-14(20)10-19-17(22)15-16(21)13(23-4)7-8-18-15/h7-8,11-12,21H,5-6,9-10H2,1-4H3,(H,19,22)/t11-/m0/s1. The number of esters is 1. The number of amides is 1. The molecule has 0 saturated carbocycles. The molecule has 0 aromatic carbocycles. The van der Waals surface area contributed by atoms with Crippen molar-refractivity contribution in [3.05, 3.63) is 18.0 Å². The third-order valence-electron chi connectivity index (χ3n) is 3.87. The molecule has 1 atom stereocenters. The number of carbonyl (C=O) groups is 2. The Bertz CT molecular complexity index is 558. The van der Waals surface area contributed by atoms with E-state index in [1.807, 2.05) is 6.92 Å². The molecule has 0 aliphatic heterocycles. The maximum absolute atomic E-state index is 12.0. The Morgan fingerprint density at radius 2 is 2.00 bits per heavy atom. The van der Waals surface area contributed by atoms with Crippen molar-refractivity contribution in [3.8, 4) is 11.5 Å². The van der Waals surface area contributed by atoms with Gasteiger partial charge < -0.3 is 19.9 Å². The van der Waals surface area contributed by atoms with Gasteiger partial charge in [0.15, 0.2) is 17.2 Å². The molecule has 1 rings (SSSR count). The third kappa shape index (κ3) is 5.72. The monoisotopic (exact) mass is 338 g/mol. The number of nitrogens with zero attached hydrogens (tertiary/aromatic N) is 1. The van der Waals surface area contributed by atoms with Gasteiger partial charge in [0, 0.05) is 12.3 Å². The van der Waals surface area contributed by atoms with E-state index in [0.717, 1.165) is 19.3 Å². The fraction of sp³-hybridized carbons (Fsp3) is 0.588. The van der Waals surface area contributed by atoms with Crippen LogP contribution >= 0.6 is 0 Å². The van der Waals surface area contributed by atoms with Crippen molar-refractivity contribution < 1.29 is 24.2 Å². The Hall–Kier alpha value is -2.31. The molecule has 0 spiro atoms. The molecule has 0 fully saturated rings. The summed E-state index contributed by atoms with van der Waals surface area (Å²) in [6.45, 7) is 5.77. The summed E-state index contributed by atoms with van der Waals surface area (Å²) in [6.07, 6.45) is 4.00. The smallest absolute Gasteiger partial charge is 0.325 e. The molecule has 0 bridgehead atoms. The summed E-state index contributed by atoms with van der Waals surface area (Å²) in [5.74, 6) is -0.912. The molecule has 0 aliphatic carbocycles. The van der Waals surface area contributed by atoms with Crippen LogP contribution in [0.2, 0.25) is 0 Å². The molecule has 0 unspecified atom stereocenters. The molecule has 7 nitrogen and oxygen atoms in total. The number of ether oxygens (including phenoxy) is 2. The summed E-state index contributed by atoms with van der Waals surface area (Å²) in [4.78, 5) is 27.6. The van der Waals surface area contributed by atoms with Crippen LogP contribution < -0.4 is 10.1 Å². The topological polar surface area (TPSA) is 97.8 Å². The minimum Gasteiger partial charge on any atom is -0.503 e. The van der Waals surface area contributed by atoms with E-state index in [1.54, 1.807) is 0 Å². The highest BCUT2D eigenvalue weighted by molar-refractivity contribution is 5.97. The Balaban J connectivity index is 2.51. The number of rotatable bonds is 9. The van der Waals surface area contributed by atoms with Gasteiger partial charge >= 0.3 is 5.97 Å². The van der Waals surface area contributed by atoms with Gasteiger partial charge in [0.25, 0.3) is 5.91 Å². The van der Waals surface area contributed by atoms with E-state index in [2.05, 4.69) is 24.1 Å². The lowest BCUT2D eigenvalue weighted by Crippen LogP contribution is -2.33. The molecule has 1 aromatic rings. The van der Waals surface area contributed by atoms with Gasteiger partial charge in [-0.1, -0.05) is 26.7 Å². The summed E-state index contributed by atoms with van der Waals surface area (Å²) in [6, 6.07) is 1.43. The second-order valence-electron chi connectivity index (χ2n) is 5.61. The number of aromatic hydroxyl groups is 1. The van der Waals surface area contributed by atoms with E-state index in [0.29, 0.717) is 5.92 Å². The van der Waals surface area contributed by atoms with Crippen LogP contribution in [0.3, 0.4) is 0 Å². The molecular formula is C17H26N2O5. The SMILES string of the molecule is CCC(CC)C[C@H](C)OC(=O)CNC(=O)c1nccc(OC)c1O. The zero-order chi connectivity index (χ0) is 18.1. The minimum absolute atomic E-state index is 0.136. The second-order valence-corrected chi connectivity index (χ2v) is 5.61. The van der Waals surface area contributed by atoms with Gasteiger partial charge in [-0.05, 0) is 19.3 Å². The lowest BCUT2D eigenvalue weighted by molar-refractivity contribution is -0.147. The molecule has 7 heteroatoms. The van der Waals surface area contributed by atoms with Gasteiger partial charge in [0.05, 0.1) is 13.2 Å². The average molecular weight is 338 g/mol. The van der Waals surface area contributed by atoms with Crippen LogP contribution in [0.5, 0.6) is 11.5 Å². The maximum Gasteiger partial charge on any atom is 0.325 e. The highest BCUT2D eigenvalue weighted by Crippen LogP contribution is 2.27. The summed E-state index contributed by atoms with van der Waals surface area (Å²) in [5, 5.41) is 12.2. The summed E-state index contributed by atoms with van der Waals surface area (Å²) < 4.78 is 10.2. The van der Waals surface area contributed by atoms with Crippen molar-refractivity contribution in [3.63, 3.8) is 0 Å². The first-order valence-corrected chi connectivity index (χ1v) is 8.12. The van der Waals surface area contributed by atoms with Crippen molar-refractivity contribution >= 4 is 11.9 Å². The van der Waals surface area contributed by atoms with Crippen LogP contribution in [-0.4, -0.2) is 41.7 Å². The van der Waals surface area contributed by atoms with E-state index in [1.165, 1.54) is 19.4 Å². The Morgan fingerprint density at radius 1 is 1.33 bits per heavy atom. The maximum atomic E-state index is 12.0. The van der Waals surface area contributed by atoms with Crippen molar-refractivity contribution in [2.45, 2.75) is 46.1 Å².